The van der Waals surface area contributed by atoms with Crippen molar-refractivity contribution in [3.63, 3.8) is 0 Å². The first-order chi connectivity index (χ1) is 11.0. The molecule has 0 unspecified atom stereocenters. The molecular weight excluding hydrogens is 314 g/mol. The average molecular weight is 339 g/mol. The number of rotatable bonds is 7. The van der Waals surface area contributed by atoms with E-state index in [0.29, 0.717) is 5.92 Å². The van der Waals surface area contributed by atoms with Crippen molar-refractivity contribution in [2.24, 2.45) is 5.92 Å². The number of amides is 1. The summed E-state index contributed by atoms with van der Waals surface area (Å²) in [7, 11) is -2.28. The maximum absolute atomic E-state index is 12.0. The second-order valence-electron chi connectivity index (χ2n) is 5.94. The molecule has 1 fully saturated rings. The van der Waals surface area contributed by atoms with Gasteiger partial charge < -0.3 is 5.32 Å². The average Bonchev–Trinajstić information content (AvgIpc) is 2.56. The topological polar surface area (TPSA) is 87.3 Å². The maximum Gasteiger partial charge on any atom is 0.277 e. The Hall–Kier alpha value is -1.44. The zero-order valence-electron chi connectivity index (χ0n) is 13.4. The number of carbonyl (C=O) groups is 1. The van der Waals surface area contributed by atoms with Gasteiger partial charge in [0.15, 0.2) is 0 Å². The molecule has 128 valence electrons. The SMILES string of the molecule is CNS(=O)(=O)NCC(=O)N[C@H]1CCCC[C@@H]1Cc1ccccc1. The zero-order valence-corrected chi connectivity index (χ0v) is 14.2. The first-order valence-electron chi connectivity index (χ1n) is 8.01. The van der Waals surface area contributed by atoms with Gasteiger partial charge in [0.25, 0.3) is 10.2 Å². The summed E-state index contributed by atoms with van der Waals surface area (Å²) >= 11 is 0. The first-order valence-corrected chi connectivity index (χ1v) is 9.50. The lowest BCUT2D eigenvalue weighted by molar-refractivity contribution is -0.121. The third kappa shape index (κ3) is 5.93. The van der Waals surface area contributed by atoms with E-state index >= 15 is 0 Å². The fourth-order valence-corrected chi connectivity index (χ4v) is 3.51. The molecule has 0 bridgehead atoms. The van der Waals surface area contributed by atoms with Crippen LogP contribution in [0.2, 0.25) is 0 Å². The Morgan fingerprint density at radius 1 is 1.17 bits per heavy atom. The molecule has 1 aliphatic rings. The molecule has 0 aliphatic heterocycles. The van der Waals surface area contributed by atoms with Gasteiger partial charge in [0.05, 0.1) is 6.54 Å². The molecule has 1 aliphatic carbocycles. The van der Waals surface area contributed by atoms with Crippen molar-refractivity contribution >= 4 is 16.1 Å². The van der Waals surface area contributed by atoms with Crippen LogP contribution in [0.5, 0.6) is 0 Å². The van der Waals surface area contributed by atoms with E-state index in [-0.39, 0.29) is 18.5 Å². The molecule has 6 nitrogen and oxygen atoms in total. The van der Waals surface area contributed by atoms with Crippen LogP contribution >= 0.6 is 0 Å². The Bertz CT molecular complexity index is 604. The normalized spacial score (nSPS) is 21.8. The third-order valence-corrected chi connectivity index (χ3v) is 5.35. The molecule has 1 aromatic rings. The summed E-state index contributed by atoms with van der Waals surface area (Å²) in [6.07, 6.45) is 5.24. The van der Waals surface area contributed by atoms with Gasteiger partial charge in [0.2, 0.25) is 5.91 Å². The fourth-order valence-electron chi connectivity index (χ4n) is 3.05. The summed E-state index contributed by atoms with van der Waals surface area (Å²) in [6, 6.07) is 10.4. The van der Waals surface area contributed by atoms with Crippen molar-refractivity contribution in [3.05, 3.63) is 35.9 Å². The van der Waals surface area contributed by atoms with Crippen LogP contribution in [0.15, 0.2) is 30.3 Å². The Morgan fingerprint density at radius 2 is 1.87 bits per heavy atom. The highest BCUT2D eigenvalue weighted by molar-refractivity contribution is 7.87. The zero-order chi connectivity index (χ0) is 16.7. The second-order valence-corrected chi connectivity index (χ2v) is 7.64. The van der Waals surface area contributed by atoms with Crippen LogP contribution in [0.1, 0.15) is 31.2 Å². The van der Waals surface area contributed by atoms with Crippen LogP contribution in [-0.2, 0) is 21.4 Å². The van der Waals surface area contributed by atoms with E-state index in [1.807, 2.05) is 18.2 Å². The molecule has 0 radical (unpaired) electrons. The van der Waals surface area contributed by atoms with Gasteiger partial charge in [-0.15, -0.1) is 0 Å². The van der Waals surface area contributed by atoms with E-state index < -0.39 is 10.2 Å². The van der Waals surface area contributed by atoms with Gasteiger partial charge in [0.1, 0.15) is 0 Å². The van der Waals surface area contributed by atoms with Gasteiger partial charge in [-0.05, 0) is 30.7 Å². The minimum Gasteiger partial charge on any atom is -0.352 e. The monoisotopic (exact) mass is 339 g/mol. The van der Waals surface area contributed by atoms with Crippen molar-refractivity contribution in [2.45, 2.75) is 38.1 Å². The Kier molecular flexibility index (Phi) is 6.56. The van der Waals surface area contributed by atoms with Crippen LogP contribution in [-0.4, -0.2) is 34.0 Å². The van der Waals surface area contributed by atoms with Crippen molar-refractivity contribution < 1.29 is 13.2 Å². The predicted molar refractivity (Wildman–Crippen MR) is 90.0 cm³/mol. The second kappa shape index (κ2) is 8.42. The molecule has 2 atom stereocenters. The van der Waals surface area contributed by atoms with E-state index in [1.165, 1.54) is 19.0 Å². The highest BCUT2D eigenvalue weighted by Crippen LogP contribution is 2.27. The summed E-state index contributed by atoms with van der Waals surface area (Å²) in [5.41, 5.74) is 1.27. The standard InChI is InChI=1S/C16H25N3O3S/c1-17-23(21,22)18-12-16(20)19-15-10-6-5-9-14(15)11-13-7-3-2-4-8-13/h2-4,7-8,14-15,17-18H,5-6,9-12H2,1H3,(H,19,20)/t14-,15+/m1/s1. The van der Waals surface area contributed by atoms with Crippen LogP contribution in [0.3, 0.4) is 0 Å². The van der Waals surface area contributed by atoms with Crippen molar-refractivity contribution in [1.82, 2.24) is 14.8 Å². The molecule has 0 heterocycles. The minimum atomic E-state index is -3.58. The van der Waals surface area contributed by atoms with E-state index in [1.54, 1.807) is 0 Å². The molecule has 0 spiro atoms. The van der Waals surface area contributed by atoms with E-state index in [2.05, 4.69) is 26.9 Å². The molecule has 0 saturated heterocycles. The van der Waals surface area contributed by atoms with Gasteiger partial charge in [-0.25, -0.2) is 4.72 Å². The van der Waals surface area contributed by atoms with Gasteiger partial charge in [-0.3, -0.25) is 4.79 Å². The number of benzene rings is 1. The smallest absolute Gasteiger partial charge is 0.277 e. The van der Waals surface area contributed by atoms with Crippen LogP contribution in [0.25, 0.3) is 0 Å². The molecule has 1 amide bonds. The minimum absolute atomic E-state index is 0.107. The number of hydrogen-bond donors (Lipinski definition) is 3. The van der Waals surface area contributed by atoms with Crippen LogP contribution < -0.4 is 14.8 Å². The predicted octanol–water partition coefficient (Wildman–Crippen LogP) is 0.958. The summed E-state index contributed by atoms with van der Waals surface area (Å²) in [5, 5.41) is 2.99. The van der Waals surface area contributed by atoms with Crippen molar-refractivity contribution in [1.29, 1.82) is 0 Å². The summed E-state index contributed by atoms with van der Waals surface area (Å²) in [5.74, 6) is 0.116. The highest BCUT2D eigenvalue weighted by Gasteiger charge is 2.26. The highest BCUT2D eigenvalue weighted by atomic mass is 32.2. The summed E-state index contributed by atoms with van der Waals surface area (Å²) < 4.78 is 26.9. The lowest BCUT2D eigenvalue weighted by Crippen LogP contribution is -2.48. The fraction of sp³-hybridized carbons (Fsp3) is 0.562. The van der Waals surface area contributed by atoms with Crippen molar-refractivity contribution in [2.75, 3.05) is 13.6 Å². The van der Waals surface area contributed by atoms with Crippen molar-refractivity contribution in [3.8, 4) is 0 Å². The largest absolute Gasteiger partial charge is 0.352 e. The van der Waals surface area contributed by atoms with E-state index in [9.17, 15) is 13.2 Å². The lowest BCUT2D eigenvalue weighted by Gasteiger charge is -2.32. The third-order valence-electron chi connectivity index (χ3n) is 4.29. The number of hydrogen-bond acceptors (Lipinski definition) is 3. The maximum atomic E-state index is 12.0. The van der Waals surface area contributed by atoms with Gasteiger partial charge in [-0.1, -0.05) is 43.2 Å². The summed E-state index contributed by atoms with van der Waals surface area (Å²) in [6.45, 7) is -0.238. The van der Waals surface area contributed by atoms with Gasteiger partial charge >= 0.3 is 0 Å². The molecule has 1 saturated carbocycles. The van der Waals surface area contributed by atoms with E-state index in [0.717, 1.165) is 25.7 Å². The van der Waals surface area contributed by atoms with Crippen LogP contribution in [0, 0.1) is 5.92 Å². The molecule has 0 aromatic heterocycles. The molecule has 3 N–H and O–H groups in total. The quantitative estimate of drug-likeness (QED) is 0.691. The Balaban J connectivity index is 1.89. The molecule has 1 aromatic carbocycles. The first kappa shape index (κ1) is 17.9. The molecule has 23 heavy (non-hydrogen) atoms. The Labute approximate surface area is 138 Å². The van der Waals surface area contributed by atoms with E-state index in [4.69, 9.17) is 0 Å². The van der Waals surface area contributed by atoms with Gasteiger partial charge in [0, 0.05) is 13.1 Å². The molecule has 2 rings (SSSR count). The lowest BCUT2D eigenvalue weighted by atomic mass is 9.80. The van der Waals surface area contributed by atoms with Gasteiger partial charge in [-0.2, -0.15) is 13.1 Å². The Morgan fingerprint density at radius 3 is 2.57 bits per heavy atom. The molecule has 7 heteroatoms. The molecular formula is C16H25N3O3S. The van der Waals surface area contributed by atoms with Crippen LogP contribution in [0.4, 0.5) is 0 Å². The number of nitrogens with one attached hydrogen (secondary N) is 3. The summed E-state index contributed by atoms with van der Waals surface area (Å²) in [4.78, 5) is 12.0. The number of carbonyl (C=O) groups excluding carboxylic acids is 1.